The molecule has 2 aliphatic heterocycles. The van der Waals surface area contributed by atoms with Crippen molar-refractivity contribution in [2.75, 3.05) is 116 Å². The summed E-state index contributed by atoms with van der Waals surface area (Å²) < 4.78 is 16.3. The molecule has 2 aliphatic rings. The van der Waals surface area contributed by atoms with Gasteiger partial charge in [-0.1, -0.05) is 12.1 Å². The van der Waals surface area contributed by atoms with Gasteiger partial charge in [-0.15, -0.1) is 0 Å². The number of anilines is 3. The second-order valence-corrected chi connectivity index (χ2v) is 11.9. The SMILES string of the molecule is CN(CC(=O)NCCCOCCOCCOCCCN)C(=O)CCN1CCN(CC(=O)N2c3ccccc3C(=O)Nc3cccnc32)CC1. The van der Waals surface area contributed by atoms with E-state index in [4.69, 9.17) is 19.9 Å². The summed E-state index contributed by atoms with van der Waals surface area (Å²) in [5.74, 6) is -0.386. The molecule has 3 heterocycles. The number of pyridine rings is 1. The van der Waals surface area contributed by atoms with Crippen LogP contribution in [0.1, 0.15) is 29.6 Å². The van der Waals surface area contributed by atoms with E-state index in [1.165, 1.54) is 9.80 Å². The molecule has 0 bridgehead atoms. The molecule has 4 rings (SSSR count). The maximum Gasteiger partial charge on any atom is 0.257 e. The van der Waals surface area contributed by atoms with Gasteiger partial charge in [0.25, 0.3) is 5.91 Å². The van der Waals surface area contributed by atoms with Crippen LogP contribution in [0.25, 0.3) is 0 Å². The first-order valence-electron chi connectivity index (χ1n) is 16.9. The van der Waals surface area contributed by atoms with E-state index in [1.807, 2.05) is 0 Å². The van der Waals surface area contributed by atoms with E-state index < -0.39 is 0 Å². The first kappa shape index (κ1) is 37.8. The van der Waals surface area contributed by atoms with E-state index in [1.54, 1.807) is 49.6 Å². The van der Waals surface area contributed by atoms with Crippen molar-refractivity contribution in [2.45, 2.75) is 19.3 Å². The normalized spacial score (nSPS) is 14.8. The van der Waals surface area contributed by atoms with Crippen LogP contribution in [0.15, 0.2) is 42.6 Å². The van der Waals surface area contributed by atoms with E-state index in [2.05, 4.69) is 25.4 Å². The number of likely N-dealkylation sites (N-methyl/N-ethyl adjacent to an activating group) is 1. The molecule has 1 fully saturated rings. The van der Waals surface area contributed by atoms with Gasteiger partial charge in [-0.25, -0.2) is 4.98 Å². The highest BCUT2D eigenvalue weighted by atomic mass is 16.5. The number of nitrogens with one attached hydrogen (secondary N) is 2. The van der Waals surface area contributed by atoms with Gasteiger partial charge in [-0.2, -0.15) is 0 Å². The summed E-state index contributed by atoms with van der Waals surface area (Å²) >= 11 is 0. The van der Waals surface area contributed by atoms with Crippen LogP contribution >= 0.6 is 0 Å². The molecular weight excluding hydrogens is 632 g/mol. The molecule has 0 unspecified atom stereocenters. The van der Waals surface area contributed by atoms with Gasteiger partial charge >= 0.3 is 0 Å². The molecule has 15 heteroatoms. The average molecular weight is 683 g/mol. The van der Waals surface area contributed by atoms with Crippen molar-refractivity contribution in [1.82, 2.24) is 25.0 Å². The number of para-hydroxylation sites is 1. The molecule has 49 heavy (non-hydrogen) atoms. The molecular formula is C34H50N8O7. The van der Waals surface area contributed by atoms with Gasteiger partial charge in [-0.3, -0.25) is 29.0 Å². The average Bonchev–Trinajstić information content (AvgIpc) is 3.23. The summed E-state index contributed by atoms with van der Waals surface area (Å²) in [5.41, 5.74) is 6.80. The molecule has 0 saturated carbocycles. The van der Waals surface area contributed by atoms with Crippen molar-refractivity contribution in [3.63, 3.8) is 0 Å². The first-order chi connectivity index (χ1) is 23.9. The van der Waals surface area contributed by atoms with Crippen LogP contribution in [0.5, 0.6) is 0 Å². The zero-order valence-corrected chi connectivity index (χ0v) is 28.4. The molecule has 0 radical (unpaired) electrons. The quantitative estimate of drug-likeness (QED) is 0.168. The van der Waals surface area contributed by atoms with Gasteiger partial charge in [0.1, 0.15) is 0 Å². The number of aromatic nitrogens is 1. The minimum atomic E-state index is -0.287. The van der Waals surface area contributed by atoms with Crippen LogP contribution in [0.4, 0.5) is 17.2 Å². The highest BCUT2D eigenvalue weighted by Gasteiger charge is 2.31. The Morgan fingerprint density at radius 1 is 0.918 bits per heavy atom. The number of carbonyl (C=O) groups excluding carboxylic acids is 4. The summed E-state index contributed by atoms with van der Waals surface area (Å²) in [6.45, 7) is 7.69. The molecule has 4 amide bonds. The van der Waals surface area contributed by atoms with Gasteiger partial charge in [0.05, 0.1) is 56.5 Å². The molecule has 268 valence electrons. The third-order valence-corrected chi connectivity index (χ3v) is 8.18. The second kappa shape index (κ2) is 20.5. The van der Waals surface area contributed by atoms with Crippen molar-refractivity contribution in [3.8, 4) is 0 Å². The molecule has 15 nitrogen and oxygen atoms in total. The van der Waals surface area contributed by atoms with Crippen molar-refractivity contribution in [2.24, 2.45) is 5.73 Å². The van der Waals surface area contributed by atoms with Crippen LogP contribution in [0.2, 0.25) is 0 Å². The molecule has 1 aromatic carbocycles. The standard InChI is InChI=1S/C34H50N8O7/c1-39(25-30(43)36-13-6-20-48-22-24-49-23-21-47-19-5-11-35)31(44)10-14-40-15-17-41(18-16-40)26-32(45)42-29-9-3-2-7-27(29)34(46)38-28-8-4-12-37-33(28)42/h2-4,7-9,12H,5-6,10-11,13-26,35H2,1H3,(H,36,43)(H,38,46). The number of nitrogens with zero attached hydrogens (tertiary/aromatic N) is 5. The monoisotopic (exact) mass is 682 g/mol. The zero-order valence-electron chi connectivity index (χ0n) is 28.4. The molecule has 0 atom stereocenters. The van der Waals surface area contributed by atoms with Crippen LogP contribution in [-0.4, -0.2) is 149 Å². The van der Waals surface area contributed by atoms with E-state index in [0.29, 0.717) is 121 Å². The fourth-order valence-electron chi connectivity index (χ4n) is 5.46. The summed E-state index contributed by atoms with van der Waals surface area (Å²) in [6, 6.07) is 10.5. The van der Waals surface area contributed by atoms with Gasteiger partial charge < -0.3 is 40.4 Å². The number of rotatable bonds is 20. The number of benzene rings is 1. The Morgan fingerprint density at radius 3 is 2.33 bits per heavy atom. The fourth-order valence-corrected chi connectivity index (χ4v) is 5.46. The summed E-state index contributed by atoms with van der Waals surface area (Å²) in [6.07, 6.45) is 3.40. The highest BCUT2D eigenvalue weighted by molar-refractivity contribution is 6.17. The van der Waals surface area contributed by atoms with Gasteiger partial charge in [0.15, 0.2) is 5.82 Å². The lowest BCUT2D eigenvalue weighted by Crippen LogP contribution is -2.50. The van der Waals surface area contributed by atoms with E-state index in [0.717, 1.165) is 6.42 Å². The van der Waals surface area contributed by atoms with Crippen LogP contribution in [-0.2, 0) is 28.6 Å². The minimum Gasteiger partial charge on any atom is -0.379 e. The predicted octanol–water partition coefficient (Wildman–Crippen LogP) is 0.683. The third kappa shape index (κ3) is 12.1. The lowest BCUT2D eigenvalue weighted by atomic mass is 10.1. The molecule has 1 aromatic heterocycles. The maximum atomic E-state index is 13.7. The van der Waals surface area contributed by atoms with Crippen LogP contribution in [0.3, 0.4) is 0 Å². The third-order valence-electron chi connectivity index (χ3n) is 8.18. The number of hydrogen-bond donors (Lipinski definition) is 3. The fraction of sp³-hybridized carbons (Fsp3) is 0.559. The van der Waals surface area contributed by atoms with Crippen LogP contribution < -0.4 is 21.3 Å². The number of hydrogen-bond acceptors (Lipinski definition) is 11. The maximum absolute atomic E-state index is 13.7. The number of fused-ring (bicyclic) bond motifs is 2. The van der Waals surface area contributed by atoms with Crippen LogP contribution in [0, 0.1) is 0 Å². The van der Waals surface area contributed by atoms with Crippen molar-refractivity contribution < 1.29 is 33.4 Å². The van der Waals surface area contributed by atoms with Gasteiger partial charge in [-0.05, 0) is 43.7 Å². The van der Waals surface area contributed by atoms with E-state index in [9.17, 15) is 19.2 Å². The largest absolute Gasteiger partial charge is 0.379 e. The Balaban J connectivity index is 1.08. The number of carbonyl (C=O) groups is 4. The Labute approximate surface area is 288 Å². The predicted molar refractivity (Wildman–Crippen MR) is 185 cm³/mol. The molecule has 4 N–H and O–H groups in total. The van der Waals surface area contributed by atoms with Gasteiger partial charge in [0, 0.05) is 72.1 Å². The molecule has 1 saturated heterocycles. The summed E-state index contributed by atoms with van der Waals surface area (Å²) in [7, 11) is 1.63. The Kier molecular flexibility index (Phi) is 15.8. The van der Waals surface area contributed by atoms with Crippen molar-refractivity contribution in [3.05, 3.63) is 48.2 Å². The lowest BCUT2D eigenvalue weighted by molar-refractivity contribution is -0.135. The topological polar surface area (TPSA) is 172 Å². The molecule has 0 spiro atoms. The first-order valence-corrected chi connectivity index (χ1v) is 16.9. The smallest absolute Gasteiger partial charge is 0.257 e. The van der Waals surface area contributed by atoms with Crippen molar-refractivity contribution in [1.29, 1.82) is 0 Å². The Morgan fingerprint density at radius 2 is 1.59 bits per heavy atom. The number of nitrogens with two attached hydrogens (primary N) is 1. The summed E-state index contributed by atoms with van der Waals surface area (Å²) in [4.78, 5) is 63.2. The molecule has 0 aliphatic carbocycles. The number of amides is 4. The molecule has 2 aromatic rings. The van der Waals surface area contributed by atoms with E-state index >= 15 is 0 Å². The van der Waals surface area contributed by atoms with Gasteiger partial charge in [0.2, 0.25) is 17.7 Å². The Bertz CT molecular complexity index is 1370. The Hall–Kier alpha value is -3.99. The van der Waals surface area contributed by atoms with Crippen molar-refractivity contribution >= 4 is 40.8 Å². The highest BCUT2D eigenvalue weighted by Crippen LogP contribution is 2.36. The second-order valence-electron chi connectivity index (χ2n) is 11.9. The zero-order chi connectivity index (χ0) is 34.8. The number of ether oxygens (including phenoxy) is 3. The minimum absolute atomic E-state index is 0.00446. The van der Waals surface area contributed by atoms with E-state index in [-0.39, 0.29) is 36.7 Å². The summed E-state index contributed by atoms with van der Waals surface area (Å²) in [5, 5.41) is 5.69. The lowest BCUT2D eigenvalue weighted by Gasteiger charge is -2.35. The number of piperazine rings is 1.